The molecule has 5 nitrogen and oxygen atoms in total. The van der Waals surface area contributed by atoms with E-state index in [9.17, 15) is 4.79 Å². The van der Waals surface area contributed by atoms with Crippen molar-refractivity contribution >= 4 is 23.1 Å². The first kappa shape index (κ1) is 23.2. The van der Waals surface area contributed by atoms with E-state index in [-0.39, 0.29) is 28.6 Å². The predicted molar refractivity (Wildman–Crippen MR) is 135 cm³/mol. The van der Waals surface area contributed by atoms with E-state index in [1.165, 1.54) is 5.69 Å². The highest BCUT2D eigenvalue weighted by Crippen LogP contribution is 2.61. The first-order chi connectivity index (χ1) is 16.1. The van der Waals surface area contributed by atoms with Gasteiger partial charge < -0.3 is 15.0 Å². The molecule has 2 aromatic carbocycles. The van der Waals surface area contributed by atoms with Crippen LogP contribution in [-0.2, 0) is 0 Å². The molecule has 6 heteroatoms. The van der Waals surface area contributed by atoms with Crippen LogP contribution in [0.3, 0.4) is 0 Å². The molecule has 3 fully saturated rings. The van der Waals surface area contributed by atoms with Crippen molar-refractivity contribution in [3.63, 3.8) is 0 Å². The van der Waals surface area contributed by atoms with Crippen molar-refractivity contribution in [2.45, 2.75) is 40.2 Å². The van der Waals surface area contributed by atoms with Gasteiger partial charge in [0.15, 0.2) is 5.78 Å². The SMILES string of the molecule is CC1(C)C(CC(=O)c2ccc(N3CC4(CNC4)C3)cc2)C(C)(C)C1Oc1ccc(C#N)c(Cl)c1. The van der Waals surface area contributed by atoms with Gasteiger partial charge in [-0.2, -0.15) is 5.26 Å². The van der Waals surface area contributed by atoms with Crippen LogP contribution in [0.4, 0.5) is 5.69 Å². The fraction of sp³-hybridized carbons (Fsp3) is 0.500. The summed E-state index contributed by atoms with van der Waals surface area (Å²) in [6.07, 6.45) is 0.426. The Balaban J connectivity index is 1.23. The van der Waals surface area contributed by atoms with E-state index in [1.54, 1.807) is 18.2 Å². The molecular weight excluding hydrogens is 446 g/mol. The van der Waals surface area contributed by atoms with Crippen LogP contribution in [0.15, 0.2) is 42.5 Å². The highest BCUT2D eigenvalue weighted by Gasteiger charge is 2.63. The summed E-state index contributed by atoms with van der Waals surface area (Å²) in [5, 5.41) is 12.9. The molecule has 3 aliphatic rings. The fourth-order valence-corrected chi connectivity index (χ4v) is 6.83. The second kappa shape index (κ2) is 8.00. The van der Waals surface area contributed by atoms with Crippen molar-refractivity contribution in [2.24, 2.45) is 22.2 Å². The Hall–Kier alpha value is -2.55. The Kier molecular flexibility index (Phi) is 5.46. The molecule has 0 amide bonds. The van der Waals surface area contributed by atoms with Crippen LogP contribution in [0.1, 0.15) is 50.0 Å². The average molecular weight is 478 g/mol. The lowest BCUT2D eigenvalue weighted by Crippen LogP contribution is -2.71. The number of ketones is 1. The van der Waals surface area contributed by atoms with Crippen molar-refractivity contribution in [2.75, 3.05) is 31.1 Å². The number of rotatable bonds is 6. The highest BCUT2D eigenvalue weighted by atomic mass is 35.5. The van der Waals surface area contributed by atoms with Gasteiger partial charge in [0.05, 0.1) is 10.6 Å². The summed E-state index contributed by atoms with van der Waals surface area (Å²) in [7, 11) is 0. The quantitative estimate of drug-likeness (QED) is 0.570. The Bertz CT molecular complexity index is 1140. The predicted octanol–water partition coefficient (Wildman–Crippen LogP) is 5.32. The molecule has 34 heavy (non-hydrogen) atoms. The number of nitrogens with zero attached hydrogens (tertiary/aromatic N) is 2. The molecule has 2 heterocycles. The molecule has 1 N–H and O–H groups in total. The fourth-order valence-electron chi connectivity index (χ4n) is 6.62. The molecule has 1 saturated carbocycles. The number of Topliss-reactive ketones (excluding diaryl/α,β-unsaturated/α-hetero) is 1. The molecule has 0 radical (unpaired) electrons. The summed E-state index contributed by atoms with van der Waals surface area (Å²) in [6.45, 7) is 13.1. The largest absolute Gasteiger partial charge is 0.489 e. The van der Waals surface area contributed by atoms with Gasteiger partial charge >= 0.3 is 0 Å². The summed E-state index contributed by atoms with van der Waals surface area (Å²) in [6, 6.07) is 15.4. The number of hydrogen-bond acceptors (Lipinski definition) is 5. The summed E-state index contributed by atoms with van der Waals surface area (Å²) < 4.78 is 6.36. The number of ether oxygens (including phenoxy) is 1. The third-order valence-corrected chi connectivity index (χ3v) is 8.77. The van der Waals surface area contributed by atoms with E-state index in [0.29, 0.717) is 28.2 Å². The van der Waals surface area contributed by atoms with Gasteiger partial charge in [-0.3, -0.25) is 4.79 Å². The lowest BCUT2D eigenvalue weighted by Gasteiger charge is -2.63. The van der Waals surface area contributed by atoms with Gasteiger partial charge in [-0.15, -0.1) is 0 Å². The molecule has 1 spiro atoms. The van der Waals surface area contributed by atoms with Crippen molar-refractivity contribution in [1.82, 2.24) is 5.32 Å². The van der Waals surface area contributed by atoms with E-state index in [4.69, 9.17) is 21.6 Å². The minimum absolute atomic E-state index is 0.0658. The Morgan fingerprint density at radius 1 is 1.12 bits per heavy atom. The Morgan fingerprint density at radius 2 is 1.76 bits per heavy atom. The number of anilines is 1. The van der Waals surface area contributed by atoms with Crippen molar-refractivity contribution in [3.05, 3.63) is 58.6 Å². The maximum Gasteiger partial charge on any atom is 0.163 e. The van der Waals surface area contributed by atoms with E-state index >= 15 is 0 Å². The van der Waals surface area contributed by atoms with Gasteiger partial charge in [0, 0.05) is 66.2 Å². The lowest BCUT2D eigenvalue weighted by atomic mass is 9.44. The molecular formula is C28H32ClN3O2. The van der Waals surface area contributed by atoms with Crippen LogP contribution in [0.5, 0.6) is 5.75 Å². The minimum atomic E-state index is -0.178. The summed E-state index contributed by atoms with van der Waals surface area (Å²) in [4.78, 5) is 15.6. The normalized spacial score (nSPS) is 25.5. The number of carbonyl (C=O) groups excluding carboxylic acids is 1. The first-order valence-corrected chi connectivity index (χ1v) is 12.4. The summed E-state index contributed by atoms with van der Waals surface area (Å²) in [5.41, 5.74) is 2.54. The van der Waals surface area contributed by atoms with Gasteiger partial charge in [0.2, 0.25) is 0 Å². The smallest absolute Gasteiger partial charge is 0.163 e. The molecule has 0 bridgehead atoms. The lowest BCUT2D eigenvalue weighted by molar-refractivity contribution is -0.196. The maximum atomic E-state index is 13.2. The van der Waals surface area contributed by atoms with E-state index in [1.807, 2.05) is 12.1 Å². The number of halogens is 1. The van der Waals surface area contributed by atoms with E-state index in [2.05, 4.69) is 56.1 Å². The molecule has 0 atom stereocenters. The van der Waals surface area contributed by atoms with Gasteiger partial charge in [0.25, 0.3) is 0 Å². The first-order valence-electron chi connectivity index (χ1n) is 12.0. The standard InChI is InChI=1S/C28H32ClN3O2/c1-26(2)24(27(3,4)25(26)34-21-10-7-19(13-30)22(29)11-21)12-23(33)18-5-8-20(9-6-18)32-16-28(17-32)14-31-15-28/h5-11,24-25,31H,12,14-17H2,1-4H3. The van der Waals surface area contributed by atoms with Gasteiger partial charge in [-0.1, -0.05) is 39.3 Å². The molecule has 5 rings (SSSR count). The zero-order valence-electron chi connectivity index (χ0n) is 20.3. The number of hydrogen-bond donors (Lipinski definition) is 1. The number of nitrogens with one attached hydrogen (secondary N) is 1. The molecule has 2 aliphatic heterocycles. The van der Waals surface area contributed by atoms with Gasteiger partial charge in [-0.05, 0) is 42.3 Å². The minimum Gasteiger partial charge on any atom is -0.489 e. The van der Waals surface area contributed by atoms with Crippen LogP contribution < -0.4 is 15.0 Å². The average Bonchev–Trinajstić information content (AvgIpc) is 2.74. The zero-order chi connectivity index (χ0) is 24.3. The molecule has 2 aromatic rings. The van der Waals surface area contributed by atoms with Crippen LogP contribution >= 0.6 is 11.6 Å². The highest BCUT2D eigenvalue weighted by molar-refractivity contribution is 6.31. The monoisotopic (exact) mass is 477 g/mol. The van der Waals surface area contributed by atoms with Crippen molar-refractivity contribution < 1.29 is 9.53 Å². The van der Waals surface area contributed by atoms with Crippen LogP contribution in [-0.4, -0.2) is 38.1 Å². The zero-order valence-corrected chi connectivity index (χ0v) is 21.1. The molecule has 178 valence electrons. The van der Waals surface area contributed by atoms with Crippen LogP contribution in [0, 0.1) is 33.5 Å². The van der Waals surface area contributed by atoms with Crippen molar-refractivity contribution in [3.8, 4) is 11.8 Å². The number of nitriles is 1. The number of carbonyl (C=O) groups is 1. The van der Waals surface area contributed by atoms with Crippen LogP contribution in [0.2, 0.25) is 5.02 Å². The second-order valence-electron chi connectivity index (χ2n) is 11.6. The Morgan fingerprint density at radius 3 is 2.29 bits per heavy atom. The molecule has 2 saturated heterocycles. The Labute approximate surface area is 207 Å². The van der Waals surface area contributed by atoms with Gasteiger partial charge in [0.1, 0.15) is 17.9 Å². The van der Waals surface area contributed by atoms with E-state index < -0.39 is 0 Å². The third kappa shape index (κ3) is 3.68. The van der Waals surface area contributed by atoms with E-state index in [0.717, 1.165) is 31.7 Å². The van der Waals surface area contributed by atoms with Gasteiger partial charge in [-0.25, -0.2) is 0 Å². The van der Waals surface area contributed by atoms with Crippen LogP contribution in [0.25, 0.3) is 0 Å². The molecule has 0 unspecified atom stereocenters. The third-order valence-electron chi connectivity index (χ3n) is 8.46. The van der Waals surface area contributed by atoms with Crippen molar-refractivity contribution in [1.29, 1.82) is 5.26 Å². The molecule has 1 aliphatic carbocycles. The second-order valence-corrected chi connectivity index (χ2v) is 12.0. The summed E-state index contributed by atoms with van der Waals surface area (Å²) >= 11 is 6.20. The molecule has 0 aromatic heterocycles. The summed E-state index contributed by atoms with van der Waals surface area (Å²) in [5.74, 6) is 1.02. The maximum absolute atomic E-state index is 13.2. The topological polar surface area (TPSA) is 65.4 Å². The number of benzene rings is 2.